The molecule has 1 aromatic rings. The Labute approximate surface area is 118 Å². The quantitative estimate of drug-likeness (QED) is 0.808. The van der Waals surface area contributed by atoms with Crippen LogP contribution in [0.2, 0.25) is 0 Å². The van der Waals surface area contributed by atoms with Gasteiger partial charge in [-0.2, -0.15) is 0 Å². The van der Waals surface area contributed by atoms with Gasteiger partial charge in [0.1, 0.15) is 5.82 Å². The Bertz CT molecular complexity index is 521. The van der Waals surface area contributed by atoms with E-state index in [1.54, 1.807) is 6.07 Å². The predicted octanol–water partition coefficient (Wildman–Crippen LogP) is 3.55. The van der Waals surface area contributed by atoms with Crippen molar-refractivity contribution >= 4 is 17.7 Å². The number of hydrogen-bond donors (Lipinski definition) is 1. The Morgan fingerprint density at radius 1 is 1.50 bits per heavy atom. The van der Waals surface area contributed by atoms with Crippen LogP contribution in [0.25, 0.3) is 6.08 Å². The van der Waals surface area contributed by atoms with Crippen molar-refractivity contribution in [2.75, 3.05) is 11.4 Å². The van der Waals surface area contributed by atoms with E-state index in [4.69, 9.17) is 5.11 Å². The van der Waals surface area contributed by atoms with E-state index < -0.39 is 5.97 Å². The van der Waals surface area contributed by atoms with Gasteiger partial charge in [0.05, 0.1) is 0 Å². The van der Waals surface area contributed by atoms with E-state index >= 15 is 0 Å². The Morgan fingerprint density at radius 2 is 2.20 bits per heavy atom. The lowest BCUT2D eigenvalue weighted by molar-refractivity contribution is -0.131. The molecule has 0 unspecified atom stereocenters. The van der Waals surface area contributed by atoms with Crippen molar-refractivity contribution in [1.29, 1.82) is 0 Å². The van der Waals surface area contributed by atoms with Crippen LogP contribution >= 0.6 is 0 Å². The van der Waals surface area contributed by atoms with Gasteiger partial charge >= 0.3 is 5.97 Å². The zero-order valence-corrected chi connectivity index (χ0v) is 11.8. The molecule has 4 heteroatoms. The summed E-state index contributed by atoms with van der Waals surface area (Å²) in [5, 5.41) is 8.75. The minimum Gasteiger partial charge on any atom is -0.478 e. The van der Waals surface area contributed by atoms with Crippen LogP contribution in [0.1, 0.15) is 32.3 Å². The van der Waals surface area contributed by atoms with Crippen LogP contribution in [-0.4, -0.2) is 23.7 Å². The zero-order valence-electron chi connectivity index (χ0n) is 11.8. The first-order valence-corrected chi connectivity index (χ1v) is 6.94. The van der Waals surface area contributed by atoms with Gasteiger partial charge < -0.3 is 10.0 Å². The molecule has 3 nitrogen and oxygen atoms in total. The summed E-state index contributed by atoms with van der Waals surface area (Å²) in [6, 6.07) is 5.07. The minimum absolute atomic E-state index is 0.348. The maximum atomic E-state index is 13.4. The van der Waals surface area contributed by atoms with E-state index in [1.807, 2.05) is 0 Å². The Morgan fingerprint density at radius 3 is 2.75 bits per heavy atom. The molecule has 1 fully saturated rings. The first-order valence-electron chi connectivity index (χ1n) is 6.94. The molecular weight excluding hydrogens is 257 g/mol. The van der Waals surface area contributed by atoms with Crippen LogP contribution in [0.3, 0.4) is 0 Å². The molecule has 1 aromatic carbocycles. The van der Waals surface area contributed by atoms with Crippen LogP contribution in [0.4, 0.5) is 10.1 Å². The Kier molecular flexibility index (Phi) is 4.42. The molecule has 0 amide bonds. The topological polar surface area (TPSA) is 40.5 Å². The number of rotatable bonds is 6. The maximum absolute atomic E-state index is 13.4. The third-order valence-electron chi connectivity index (χ3n) is 3.25. The summed E-state index contributed by atoms with van der Waals surface area (Å²) < 4.78 is 13.4. The standard InChI is InChI=1S/C16H20FNO2/c1-11(2)10-18(14-5-6-14)15-7-4-13(17)9-12(15)3-8-16(19)20/h3-4,7-9,11,14H,5-6,10H2,1-2H3,(H,19,20). The number of halogens is 1. The van der Waals surface area contributed by atoms with Gasteiger partial charge in [0, 0.05) is 29.9 Å². The second-order valence-electron chi connectivity index (χ2n) is 5.65. The van der Waals surface area contributed by atoms with Crippen LogP contribution in [0.15, 0.2) is 24.3 Å². The van der Waals surface area contributed by atoms with Crippen LogP contribution in [0.5, 0.6) is 0 Å². The summed E-state index contributed by atoms with van der Waals surface area (Å²) in [6.45, 7) is 5.18. The van der Waals surface area contributed by atoms with Crippen molar-refractivity contribution < 1.29 is 14.3 Å². The highest BCUT2D eigenvalue weighted by Crippen LogP contribution is 2.35. The highest BCUT2D eigenvalue weighted by Gasteiger charge is 2.30. The predicted molar refractivity (Wildman–Crippen MR) is 78.3 cm³/mol. The van der Waals surface area contributed by atoms with Crippen molar-refractivity contribution in [2.45, 2.75) is 32.7 Å². The smallest absolute Gasteiger partial charge is 0.328 e. The van der Waals surface area contributed by atoms with Gasteiger partial charge in [0.15, 0.2) is 0 Å². The normalized spacial score (nSPS) is 15.0. The fourth-order valence-corrected chi connectivity index (χ4v) is 2.31. The van der Waals surface area contributed by atoms with Crippen molar-refractivity contribution in [3.05, 3.63) is 35.7 Å². The molecule has 0 aromatic heterocycles. The van der Waals surface area contributed by atoms with E-state index in [0.717, 1.165) is 31.1 Å². The number of carboxylic acid groups (broad SMARTS) is 1. The van der Waals surface area contributed by atoms with E-state index in [-0.39, 0.29) is 5.82 Å². The van der Waals surface area contributed by atoms with E-state index in [0.29, 0.717) is 17.5 Å². The van der Waals surface area contributed by atoms with Gasteiger partial charge in [0.25, 0.3) is 0 Å². The summed E-state index contributed by atoms with van der Waals surface area (Å²) in [5.41, 5.74) is 1.54. The molecule has 0 spiro atoms. The van der Waals surface area contributed by atoms with Crippen LogP contribution in [-0.2, 0) is 4.79 Å². The Hall–Kier alpha value is -1.84. The highest BCUT2D eigenvalue weighted by atomic mass is 19.1. The minimum atomic E-state index is -1.03. The van der Waals surface area contributed by atoms with Gasteiger partial charge in [-0.15, -0.1) is 0 Å². The molecule has 2 rings (SSSR count). The Balaban J connectivity index is 2.34. The van der Waals surface area contributed by atoms with Crippen molar-refractivity contribution in [3.63, 3.8) is 0 Å². The fraction of sp³-hybridized carbons (Fsp3) is 0.438. The lowest BCUT2D eigenvalue weighted by atomic mass is 10.1. The summed E-state index contributed by atoms with van der Waals surface area (Å²) in [5.74, 6) is -0.877. The van der Waals surface area contributed by atoms with Crippen LogP contribution < -0.4 is 4.90 Å². The van der Waals surface area contributed by atoms with Gasteiger partial charge in [-0.05, 0) is 43.0 Å². The van der Waals surface area contributed by atoms with Gasteiger partial charge in [-0.1, -0.05) is 13.8 Å². The number of hydrogen-bond acceptors (Lipinski definition) is 2. The molecule has 0 saturated heterocycles. The maximum Gasteiger partial charge on any atom is 0.328 e. The summed E-state index contributed by atoms with van der Waals surface area (Å²) in [6.07, 6.45) is 4.81. The van der Waals surface area contributed by atoms with E-state index in [9.17, 15) is 9.18 Å². The van der Waals surface area contributed by atoms with Crippen LogP contribution in [0, 0.1) is 11.7 Å². The lowest BCUT2D eigenvalue weighted by Crippen LogP contribution is -2.30. The average molecular weight is 277 g/mol. The molecular formula is C16H20FNO2. The second-order valence-corrected chi connectivity index (χ2v) is 5.65. The van der Waals surface area contributed by atoms with E-state index in [2.05, 4.69) is 18.7 Å². The first-order chi connectivity index (χ1) is 9.47. The molecule has 1 aliphatic carbocycles. The first kappa shape index (κ1) is 14.6. The average Bonchev–Trinajstić information content (AvgIpc) is 3.18. The molecule has 20 heavy (non-hydrogen) atoms. The molecule has 0 radical (unpaired) electrons. The SMILES string of the molecule is CC(C)CN(c1ccc(F)cc1C=CC(=O)O)C1CC1. The molecule has 1 saturated carbocycles. The number of nitrogens with zero attached hydrogens (tertiary/aromatic N) is 1. The second kappa shape index (κ2) is 6.07. The third-order valence-corrected chi connectivity index (χ3v) is 3.25. The number of anilines is 1. The largest absolute Gasteiger partial charge is 0.478 e. The zero-order chi connectivity index (χ0) is 14.7. The molecule has 1 N–H and O–H groups in total. The van der Waals surface area contributed by atoms with Crippen molar-refractivity contribution in [1.82, 2.24) is 0 Å². The van der Waals surface area contributed by atoms with Crippen molar-refractivity contribution in [2.24, 2.45) is 5.92 Å². The number of benzene rings is 1. The number of aliphatic carboxylic acids is 1. The third kappa shape index (κ3) is 3.83. The molecule has 1 aliphatic rings. The number of carbonyl (C=O) groups is 1. The van der Waals surface area contributed by atoms with E-state index in [1.165, 1.54) is 18.2 Å². The molecule has 0 heterocycles. The molecule has 0 aliphatic heterocycles. The van der Waals surface area contributed by atoms with Gasteiger partial charge in [-0.25, -0.2) is 9.18 Å². The molecule has 0 atom stereocenters. The fourth-order valence-electron chi connectivity index (χ4n) is 2.31. The molecule has 108 valence electrons. The summed E-state index contributed by atoms with van der Waals surface area (Å²) >= 11 is 0. The van der Waals surface area contributed by atoms with Gasteiger partial charge in [0.2, 0.25) is 0 Å². The molecule has 0 bridgehead atoms. The highest BCUT2D eigenvalue weighted by molar-refractivity contribution is 5.87. The van der Waals surface area contributed by atoms with Crippen molar-refractivity contribution in [3.8, 4) is 0 Å². The summed E-state index contributed by atoms with van der Waals surface area (Å²) in [4.78, 5) is 12.9. The monoisotopic (exact) mass is 277 g/mol. The van der Waals surface area contributed by atoms with Gasteiger partial charge in [-0.3, -0.25) is 0 Å². The summed E-state index contributed by atoms with van der Waals surface area (Å²) in [7, 11) is 0. The lowest BCUT2D eigenvalue weighted by Gasteiger charge is -2.28. The number of carboxylic acids is 1.